The molecule has 2 aliphatic heterocycles. The Kier molecular flexibility index (Phi) is 8.31. The zero-order valence-corrected chi connectivity index (χ0v) is 43.0. The van der Waals surface area contributed by atoms with E-state index in [9.17, 15) is 0 Å². The Morgan fingerprint density at radius 3 is 1.58 bits per heavy atom. The van der Waals surface area contributed by atoms with Crippen molar-refractivity contribution in [3.63, 3.8) is 0 Å². The Morgan fingerprint density at radius 1 is 0.507 bits per heavy atom. The highest BCUT2D eigenvalue weighted by Gasteiger charge is 2.54. The number of nitrogens with zero attached hydrogens (tertiary/aromatic N) is 2. The molecule has 0 spiro atoms. The van der Waals surface area contributed by atoms with Crippen LogP contribution in [0.1, 0.15) is 205 Å². The van der Waals surface area contributed by atoms with Crippen LogP contribution < -0.4 is 26.4 Å². The van der Waals surface area contributed by atoms with Crippen LogP contribution in [0.5, 0.6) is 0 Å². The van der Waals surface area contributed by atoms with Crippen LogP contribution in [0.4, 0.5) is 34.1 Å². The van der Waals surface area contributed by atoms with Gasteiger partial charge in [-0.15, -0.1) is 0 Å². The highest BCUT2D eigenvalue weighted by molar-refractivity contribution is 7.00. The van der Waals surface area contributed by atoms with Gasteiger partial charge >= 0.3 is 0 Å². The molecule has 5 aromatic carbocycles. The molecule has 7 aliphatic carbocycles. The second kappa shape index (κ2) is 13.1. The maximum Gasteiger partial charge on any atom is 0.297 e. The van der Waals surface area contributed by atoms with Gasteiger partial charge in [-0.1, -0.05) is 114 Å². The molecule has 2 fully saturated rings. The summed E-state index contributed by atoms with van der Waals surface area (Å²) in [6.07, 6.45) is 12.5. The van der Waals surface area contributed by atoms with E-state index in [1.165, 1.54) is 142 Å². The SMILES string of the molecule is CC(C)c1ccc(N2c3cc4c(cc3B3c5oc6cc7c(cc6c5N(c5ccc6c(c5)C(C)(C)CCC6(C)C)c5cc(C(C)(C)C)cc2c53)C2(C)CCC7(C)CC2)C2(C)CCC4(C)CC2)cc1. The van der Waals surface area contributed by atoms with Crippen molar-refractivity contribution in [3.8, 4) is 0 Å². The molecule has 15 rings (SSSR count). The molecule has 6 aromatic rings. The van der Waals surface area contributed by atoms with E-state index in [0.717, 1.165) is 11.2 Å². The van der Waals surface area contributed by atoms with Crippen molar-refractivity contribution in [3.05, 3.63) is 123 Å². The predicted octanol–water partition coefficient (Wildman–Crippen LogP) is 15.5. The van der Waals surface area contributed by atoms with Gasteiger partial charge in [0, 0.05) is 33.8 Å². The average Bonchev–Trinajstić information content (AvgIpc) is 3.66. The second-order valence-corrected chi connectivity index (χ2v) is 26.9. The molecule has 4 heteroatoms. The summed E-state index contributed by atoms with van der Waals surface area (Å²) in [5.41, 5.74) is 25.5. The van der Waals surface area contributed by atoms with Gasteiger partial charge in [0.15, 0.2) is 0 Å². The highest BCUT2D eigenvalue weighted by atomic mass is 16.3. The van der Waals surface area contributed by atoms with E-state index in [4.69, 9.17) is 4.42 Å². The van der Waals surface area contributed by atoms with Crippen molar-refractivity contribution in [1.29, 1.82) is 0 Å². The van der Waals surface area contributed by atoms with E-state index >= 15 is 0 Å². The van der Waals surface area contributed by atoms with Crippen LogP contribution in [0.3, 0.4) is 0 Å². The van der Waals surface area contributed by atoms with Gasteiger partial charge in [0.05, 0.1) is 11.3 Å². The van der Waals surface area contributed by atoms with E-state index in [2.05, 4.69) is 179 Å². The predicted molar refractivity (Wildman–Crippen MR) is 285 cm³/mol. The molecule has 2 saturated carbocycles. The second-order valence-electron chi connectivity index (χ2n) is 26.9. The first-order chi connectivity index (χ1) is 31.5. The molecule has 344 valence electrons. The third kappa shape index (κ3) is 5.65. The minimum Gasteiger partial charge on any atom is -0.468 e. The van der Waals surface area contributed by atoms with Crippen molar-refractivity contribution in [2.45, 2.75) is 198 Å². The summed E-state index contributed by atoms with van der Waals surface area (Å²) in [7, 11) is 0. The van der Waals surface area contributed by atoms with Crippen LogP contribution in [0.2, 0.25) is 0 Å². The van der Waals surface area contributed by atoms with E-state index in [1.807, 2.05) is 0 Å². The molecule has 4 bridgehead atoms. The molecule has 0 N–H and O–H groups in total. The Hall–Kier alpha value is -4.70. The molecule has 67 heavy (non-hydrogen) atoms. The Bertz CT molecular complexity index is 3120. The third-order valence-corrected chi connectivity index (χ3v) is 20.2. The summed E-state index contributed by atoms with van der Waals surface area (Å²) in [6.45, 7) is 31.9. The lowest BCUT2D eigenvalue weighted by Crippen LogP contribution is -2.61. The lowest BCUT2D eigenvalue weighted by molar-refractivity contribution is 0.188. The molecule has 1 aromatic heterocycles. The summed E-state index contributed by atoms with van der Waals surface area (Å²) in [5, 5.41) is 1.28. The number of anilines is 6. The van der Waals surface area contributed by atoms with Crippen molar-refractivity contribution in [2.75, 3.05) is 9.80 Å². The first kappa shape index (κ1) is 42.4. The summed E-state index contributed by atoms with van der Waals surface area (Å²) in [6, 6.07) is 32.9. The molecule has 0 radical (unpaired) electrons. The molecule has 0 amide bonds. The number of fused-ring (bicyclic) bond motifs is 11. The lowest BCUT2D eigenvalue weighted by atomic mass is 9.34. The van der Waals surface area contributed by atoms with Crippen LogP contribution >= 0.6 is 0 Å². The van der Waals surface area contributed by atoms with Crippen molar-refractivity contribution < 1.29 is 4.42 Å². The zero-order valence-electron chi connectivity index (χ0n) is 43.0. The molecular weight excluding hydrogens is 812 g/mol. The number of furan rings is 1. The molecular formula is C63H73BN2O. The Balaban J connectivity index is 1.17. The van der Waals surface area contributed by atoms with E-state index < -0.39 is 0 Å². The van der Waals surface area contributed by atoms with Gasteiger partial charge in [0.2, 0.25) is 0 Å². The van der Waals surface area contributed by atoms with Gasteiger partial charge in [-0.25, -0.2) is 0 Å². The molecule has 9 aliphatic rings. The maximum absolute atomic E-state index is 7.76. The standard InChI is InChI=1S/C63H73BN2O/c1-37(2)38-14-16-40(17-15-38)65-50-35-47-46(61(11)24-26-62(47,12)27-25-61)34-49(50)64-54-51(65)30-39(57(3,4)5)31-52(54)66(41-18-19-43-44(32-41)59(8,9)21-20-58(43,6)7)55-42-33-45-48(36-53(42)67-56(55)64)63(13)28-22-60(45,10)23-29-63/h14-19,30-37H,20-29H2,1-13H3. The van der Waals surface area contributed by atoms with Gasteiger partial charge in [-0.3, -0.25) is 0 Å². The fraction of sp³-hybridized carbons (Fsp3) is 0.492. The number of hydrogen-bond acceptors (Lipinski definition) is 3. The molecule has 0 unspecified atom stereocenters. The van der Waals surface area contributed by atoms with Gasteiger partial charge in [0.1, 0.15) is 5.58 Å². The van der Waals surface area contributed by atoms with Crippen LogP contribution in [0.15, 0.2) is 83.3 Å². The first-order valence-electron chi connectivity index (χ1n) is 26.4. The number of hydrogen-bond donors (Lipinski definition) is 0. The Labute approximate surface area is 402 Å². The van der Waals surface area contributed by atoms with Crippen LogP contribution in [-0.2, 0) is 37.9 Å². The minimum atomic E-state index is -0.0971. The normalized spacial score (nSPS) is 28.0. The van der Waals surface area contributed by atoms with Crippen molar-refractivity contribution >= 4 is 68.4 Å². The fourth-order valence-electron chi connectivity index (χ4n) is 15.1. The topological polar surface area (TPSA) is 19.6 Å². The van der Waals surface area contributed by atoms with Gasteiger partial charge in [-0.05, 0) is 218 Å². The van der Waals surface area contributed by atoms with E-state index in [1.54, 1.807) is 16.7 Å². The summed E-state index contributed by atoms with van der Waals surface area (Å²) < 4.78 is 7.76. The van der Waals surface area contributed by atoms with E-state index in [0.29, 0.717) is 5.92 Å². The smallest absolute Gasteiger partial charge is 0.297 e. The summed E-state index contributed by atoms with van der Waals surface area (Å²) in [4.78, 5) is 5.38. The largest absolute Gasteiger partial charge is 0.468 e. The van der Waals surface area contributed by atoms with Crippen LogP contribution in [-0.4, -0.2) is 6.71 Å². The minimum absolute atomic E-state index is 0.0612. The zero-order chi connectivity index (χ0) is 46.7. The van der Waals surface area contributed by atoms with Crippen LogP contribution in [0, 0.1) is 0 Å². The first-order valence-corrected chi connectivity index (χ1v) is 26.4. The summed E-state index contributed by atoms with van der Waals surface area (Å²) >= 11 is 0. The molecule has 3 heterocycles. The van der Waals surface area contributed by atoms with E-state index in [-0.39, 0.29) is 44.6 Å². The average molecular weight is 885 g/mol. The van der Waals surface area contributed by atoms with Crippen molar-refractivity contribution in [2.24, 2.45) is 0 Å². The van der Waals surface area contributed by atoms with Gasteiger partial charge < -0.3 is 14.2 Å². The summed E-state index contributed by atoms with van der Waals surface area (Å²) in [5.74, 6) is 0.464. The fourth-order valence-corrected chi connectivity index (χ4v) is 15.1. The molecule has 0 saturated heterocycles. The quantitative estimate of drug-likeness (QED) is 0.165. The molecule has 3 nitrogen and oxygen atoms in total. The van der Waals surface area contributed by atoms with Crippen LogP contribution in [0.25, 0.3) is 11.0 Å². The Morgan fingerprint density at radius 2 is 1.01 bits per heavy atom. The van der Waals surface area contributed by atoms with Gasteiger partial charge in [0.25, 0.3) is 6.71 Å². The van der Waals surface area contributed by atoms with Crippen molar-refractivity contribution in [1.82, 2.24) is 0 Å². The molecule has 0 atom stereocenters. The number of rotatable bonds is 3. The highest BCUT2D eigenvalue weighted by Crippen LogP contribution is 2.60. The maximum atomic E-state index is 7.76. The lowest BCUT2D eigenvalue weighted by Gasteiger charge is -2.53. The number of benzene rings is 5. The van der Waals surface area contributed by atoms with Gasteiger partial charge in [-0.2, -0.15) is 0 Å². The third-order valence-electron chi connectivity index (χ3n) is 20.2. The monoisotopic (exact) mass is 885 g/mol.